The quantitative estimate of drug-likeness (QED) is 0.922. The Morgan fingerprint density at radius 1 is 1.04 bits per heavy atom. The summed E-state index contributed by atoms with van der Waals surface area (Å²) < 4.78 is 1.99. The summed E-state index contributed by atoms with van der Waals surface area (Å²) in [4.78, 5) is 25.8. The molecule has 2 amide bonds. The molecule has 1 aromatic heterocycles. The van der Waals surface area contributed by atoms with Gasteiger partial charge in [0, 0.05) is 30.5 Å². The summed E-state index contributed by atoms with van der Waals surface area (Å²) in [7, 11) is 0. The zero-order valence-corrected chi connectivity index (χ0v) is 14.4. The molecule has 0 saturated heterocycles. The van der Waals surface area contributed by atoms with Gasteiger partial charge in [-0.25, -0.2) is 0 Å². The largest absolute Gasteiger partial charge is 0.366 e. The zero-order chi connectivity index (χ0) is 17.5. The van der Waals surface area contributed by atoms with E-state index in [-0.39, 0.29) is 11.3 Å². The van der Waals surface area contributed by atoms with E-state index in [1.54, 1.807) is 12.3 Å². The molecule has 5 heteroatoms. The van der Waals surface area contributed by atoms with Crippen molar-refractivity contribution in [2.75, 3.05) is 6.54 Å². The molecule has 0 radical (unpaired) electrons. The molecular formula is C19H23N3O2. The Bertz CT molecular complexity index is 782. The van der Waals surface area contributed by atoms with Crippen molar-refractivity contribution in [3.63, 3.8) is 0 Å². The SMILES string of the molecule is CC(C)(C)c1ccc(C(=O)N2CCn3cc(C(N)=O)cc3C2)cc1. The summed E-state index contributed by atoms with van der Waals surface area (Å²) in [6.45, 7) is 8.25. The van der Waals surface area contributed by atoms with Crippen molar-refractivity contribution in [1.29, 1.82) is 0 Å². The van der Waals surface area contributed by atoms with E-state index in [1.807, 2.05) is 33.7 Å². The first-order valence-corrected chi connectivity index (χ1v) is 8.14. The first-order chi connectivity index (χ1) is 11.3. The summed E-state index contributed by atoms with van der Waals surface area (Å²) in [6, 6.07) is 9.59. The Labute approximate surface area is 142 Å². The molecule has 24 heavy (non-hydrogen) atoms. The number of carbonyl (C=O) groups excluding carboxylic acids is 2. The van der Waals surface area contributed by atoms with Crippen LogP contribution in [0.5, 0.6) is 0 Å². The molecule has 0 atom stereocenters. The molecule has 5 nitrogen and oxygen atoms in total. The van der Waals surface area contributed by atoms with Crippen LogP contribution in [-0.2, 0) is 18.5 Å². The van der Waals surface area contributed by atoms with Gasteiger partial charge in [0.2, 0.25) is 5.91 Å². The highest BCUT2D eigenvalue weighted by molar-refractivity contribution is 5.95. The molecule has 0 aliphatic carbocycles. The van der Waals surface area contributed by atoms with Crippen molar-refractivity contribution in [1.82, 2.24) is 9.47 Å². The van der Waals surface area contributed by atoms with Crippen molar-refractivity contribution in [3.8, 4) is 0 Å². The summed E-state index contributed by atoms with van der Waals surface area (Å²) in [5, 5.41) is 0. The molecule has 2 aromatic rings. The molecule has 1 aliphatic rings. The monoisotopic (exact) mass is 325 g/mol. The second kappa shape index (κ2) is 5.82. The number of primary amides is 1. The lowest BCUT2D eigenvalue weighted by Gasteiger charge is -2.29. The number of nitrogens with two attached hydrogens (primary N) is 1. The smallest absolute Gasteiger partial charge is 0.254 e. The highest BCUT2D eigenvalue weighted by Crippen LogP contribution is 2.23. The fraction of sp³-hybridized carbons (Fsp3) is 0.368. The van der Waals surface area contributed by atoms with Crippen molar-refractivity contribution in [2.24, 2.45) is 5.73 Å². The van der Waals surface area contributed by atoms with Gasteiger partial charge in [-0.3, -0.25) is 9.59 Å². The second-order valence-corrected chi connectivity index (χ2v) is 7.33. The zero-order valence-electron chi connectivity index (χ0n) is 14.4. The lowest BCUT2D eigenvalue weighted by molar-refractivity contribution is 0.0711. The average molecular weight is 325 g/mol. The Kier molecular flexibility index (Phi) is 3.95. The van der Waals surface area contributed by atoms with E-state index in [2.05, 4.69) is 20.8 Å². The number of carbonyl (C=O) groups is 2. The highest BCUT2D eigenvalue weighted by atomic mass is 16.2. The van der Waals surface area contributed by atoms with Crippen LogP contribution < -0.4 is 5.73 Å². The van der Waals surface area contributed by atoms with E-state index in [0.29, 0.717) is 30.8 Å². The van der Waals surface area contributed by atoms with Gasteiger partial charge in [-0.15, -0.1) is 0 Å². The maximum Gasteiger partial charge on any atom is 0.254 e. The summed E-state index contributed by atoms with van der Waals surface area (Å²) in [6.07, 6.45) is 1.76. The number of fused-ring (bicyclic) bond motifs is 1. The first kappa shape index (κ1) is 16.3. The van der Waals surface area contributed by atoms with E-state index in [9.17, 15) is 9.59 Å². The summed E-state index contributed by atoms with van der Waals surface area (Å²) in [5.41, 5.74) is 8.73. The summed E-state index contributed by atoms with van der Waals surface area (Å²) in [5.74, 6) is -0.420. The Morgan fingerprint density at radius 2 is 1.71 bits per heavy atom. The van der Waals surface area contributed by atoms with E-state index < -0.39 is 5.91 Å². The van der Waals surface area contributed by atoms with Crippen LogP contribution in [0.1, 0.15) is 52.7 Å². The van der Waals surface area contributed by atoms with Crippen LogP contribution in [0.3, 0.4) is 0 Å². The van der Waals surface area contributed by atoms with E-state index >= 15 is 0 Å². The van der Waals surface area contributed by atoms with Gasteiger partial charge in [0.1, 0.15) is 0 Å². The molecule has 0 spiro atoms. The predicted octanol–water partition coefficient (Wildman–Crippen LogP) is 2.54. The number of benzene rings is 1. The Balaban J connectivity index is 1.77. The number of aromatic nitrogens is 1. The number of rotatable bonds is 2. The van der Waals surface area contributed by atoms with Crippen molar-refractivity contribution in [2.45, 2.75) is 39.3 Å². The lowest BCUT2D eigenvalue weighted by Crippen LogP contribution is -2.37. The second-order valence-electron chi connectivity index (χ2n) is 7.33. The molecule has 2 N–H and O–H groups in total. The van der Waals surface area contributed by atoms with E-state index in [4.69, 9.17) is 5.73 Å². The van der Waals surface area contributed by atoms with Crippen molar-refractivity contribution in [3.05, 3.63) is 58.9 Å². The van der Waals surface area contributed by atoms with Crippen LogP contribution in [0.25, 0.3) is 0 Å². The third-order valence-corrected chi connectivity index (χ3v) is 4.52. The number of hydrogen-bond donors (Lipinski definition) is 1. The molecular weight excluding hydrogens is 302 g/mol. The Hall–Kier alpha value is -2.56. The third kappa shape index (κ3) is 3.07. The summed E-state index contributed by atoms with van der Waals surface area (Å²) >= 11 is 0. The molecule has 3 rings (SSSR count). The van der Waals surface area contributed by atoms with Crippen LogP contribution in [0.4, 0.5) is 0 Å². The minimum absolute atomic E-state index is 0.0172. The molecule has 0 fully saturated rings. The molecule has 1 aromatic carbocycles. The highest BCUT2D eigenvalue weighted by Gasteiger charge is 2.23. The fourth-order valence-electron chi connectivity index (χ4n) is 3.00. The van der Waals surface area contributed by atoms with E-state index in [0.717, 1.165) is 5.69 Å². The van der Waals surface area contributed by atoms with E-state index in [1.165, 1.54) is 5.56 Å². The van der Waals surface area contributed by atoms with Gasteiger partial charge in [-0.2, -0.15) is 0 Å². The predicted molar refractivity (Wildman–Crippen MR) is 92.8 cm³/mol. The standard InChI is InChI=1S/C19H23N3O2/c1-19(2,3)15-6-4-13(5-7-15)18(24)22-9-8-21-11-14(17(20)23)10-16(21)12-22/h4-7,10-11H,8-9,12H2,1-3H3,(H2,20,23). The Morgan fingerprint density at radius 3 is 2.29 bits per heavy atom. The molecule has 2 heterocycles. The molecule has 1 aliphatic heterocycles. The van der Waals surface area contributed by atoms with Crippen LogP contribution in [0, 0.1) is 0 Å². The van der Waals surface area contributed by atoms with Gasteiger partial charge < -0.3 is 15.2 Å². The van der Waals surface area contributed by atoms with Crippen LogP contribution >= 0.6 is 0 Å². The maximum absolute atomic E-state index is 12.7. The van der Waals surface area contributed by atoms with Crippen molar-refractivity contribution < 1.29 is 9.59 Å². The molecule has 126 valence electrons. The minimum Gasteiger partial charge on any atom is -0.366 e. The van der Waals surface area contributed by atoms with Crippen LogP contribution in [0.2, 0.25) is 0 Å². The van der Waals surface area contributed by atoms with Crippen molar-refractivity contribution >= 4 is 11.8 Å². The molecule has 0 unspecified atom stereocenters. The number of nitrogens with zero attached hydrogens (tertiary/aromatic N) is 2. The maximum atomic E-state index is 12.7. The average Bonchev–Trinajstić information content (AvgIpc) is 2.97. The van der Waals surface area contributed by atoms with Gasteiger partial charge in [-0.1, -0.05) is 32.9 Å². The van der Waals surface area contributed by atoms with Crippen LogP contribution in [0.15, 0.2) is 36.5 Å². The van der Waals surface area contributed by atoms with Gasteiger partial charge in [-0.05, 0) is 29.2 Å². The molecule has 0 bridgehead atoms. The minimum atomic E-state index is -0.437. The first-order valence-electron chi connectivity index (χ1n) is 8.14. The number of amides is 2. The number of hydrogen-bond acceptors (Lipinski definition) is 2. The topological polar surface area (TPSA) is 68.3 Å². The lowest BCUT2D eigenvalue weighted by atomic mass is 9.86. The normalized spacial score (nSPS) is 14.4. The fourth-order valence-corrected chi connectivity index (χ4v) is 3.00. The van der Waals surface area contributed by atoms with Gasteiger partial charge >= 0.3 is 0 Å². The van der Waals surface area contributed by atoms with Crippen LogP contribution in [-0.4, -0.2) is 27.8 Å². The molecule has 0 saturated carbocycles. The van der Waals surface area contributed by atoms with Gasteiger partial charge in [0.25, 0.3) is 5.91 Å². The van der Waals surface area contributed by atoms with Gasteiger partial charge in [0.15, 0.2) is 0 Å². The van der Waals surface area contributed by atoms with Gasteiger partial charge in [0.05, 0.1) is 12.1 Å². The third-order valence-electron chi connectivity index (χ3n) is 4.52.